The summed E-state index contributed by atoms with van der Waals surface area (Å²) in [5, 5.41) is 10.8. The van der Waals surface area contributed by atoms with Crippen LogP contribution in [0.5, 0.6) is 5.75 Å². The molecule has 1 aliphatic rings. The molecule has 298 valence electrons. The van der Waals surface area contributed by atoms with Crippen molar-refractivity contribution in [2.24, 2.45) is 11.3 Å². The van der Waals surface area contributed by atoms with E-state index < -0.39 is 23.8 Å². The van der Waals surface area contributed by atoms with E-state index >= 15 is 0 Å². The molecular formula is C42H69N5O6. The van der Waals surface area contributed by atoms with Gasteiger partial charge in [0.1, 0.15) is 11.8 Å². The van der Waals surface area contributed by atoms with Crippen molar-refractivity contribution in [2.75, 3.05) is 20.2 Å². The Labute approximate surface area is 320 Å². The SMILES string of the molecule is C#CCCC(NC=O)C(=O)C(=O)NCC=C.CC(C)C.CCCCCCC(Cc1cccc(OC)c1)NC(=O)NC(C(=O)N1CCCC1C)C(C)(C)C. The number of nitrogens with zero attached hydrogens (tertiary/aromatic N) is 1. The van der Waals surface area contributed by atoms with Gasteiger partial charge in [-0.1, -0.05) is 92.4 Å². The first-order valence-electron chi connectivity index (χ1n) is 19.1. The summed E-state index contributed by atoms with van der Waals surface area (Å²) in [7, 11) is 1.66. The number of ether oxygens (including phenoxy) is 1. The number of Topliss-reactive ketones (excluding diaryl/α,β-unsaturated/α-hetero) is 1. The van der Waals surface area contributed by atoms with Crippen molar-refractivity contribution in [3.05, 3.63) is 42.5 Å². The summed E-state index contributed by atoms with van der Waals surface area (Å²) in [6.45, 7) is 21.2. The van der Waals surface area contributed by atoms with Gasteiger partial charge in [0.25, 0.3) is 5.91 Å². The van der Waals surface area contributed by atoms with Crippen molar-refractivity contribution in [1.29, 1.82) is 0 Å². The quantitative estimate of drug-likeness (QED) is 0.0428. The van der Waals surface area contributed by atoms with Gasteiger partial charge in [-0.25, -0.2) is 4.79 Å². The average Bonchev–Trinajstić information content (AvgIpc) is 3.54. The fourth-order valence-electron chi connectivity index (χ4n) is 5.57. The molecule has 1 aromatic carbocycles. The fraction of sp³-hybridized carbons (Fsp3) is 0.643. The average molecular weight is 740 g/mol. The Hall–Kier alpha value is -4.33. The van der Waals surface area contributed by atoms with E-state index in [9.17, 15) is 24.0 Å². The van der Waals surface area contributed by atoms with Crippen LogP contribution in [0.15, 0.2) is 36.9 Å². The molecule has 2 rings (SSSR count). The molecule has 1 aliphatic heterocycles. The zero-order valence-electron chi connectivity index (χ0n) is 34.0. The number of methoxy groups -OCH3 is 1. The molecule has 0 bridgehead atoms. The standard InChI is InChI=1S/C27H45N3O3.C11H14N2O3.C4H10/c1-7-8-9-10-15-22(18-21-14-11-16-23(19-21)33-6)28-26(32)29-24(27(3,4)5)25(31)30-17-12-13-20(30)2;1-3-5-6-9(13-8-14)10(15)11(16)12-7-4-2;1-4(2)3/h11,14,16,19-20,22,24H,7-10,12-13,15,17-18H2,1-6H3,(H2,28,29,32);1,4,8-9H,2,5-7H2,(H,12,16)(H,13,14);4H,1-3H3. The van der Waals surface area contributed by atoms with Gasteiger partial charge in [0.05, 0.1) is 13.2 Å². The van der Waals surface area contributed by atoms with Gasteiger partial charge in [0, 0.05) is 31.6 Å². The third kappa shape index (κ3) is 21.1. The molecule has 4 atom stereocenters. The summed E-state index contributed by atoms with van der Waals surface area (Å²) < 4.78 is 5.36. The van der Waals surface area contributed by atoms with Crippen molar-refractivity contribution in [3.8, 4) is 18.1 Å². The van der Waals surface area contributed by atoms with E-state index in [0.717, 1.165) is 62.3 Å². The second-order valence-corrected chi connectivity index (χ2v) is 15.2. The molecule has 0 radical (unpaired) electrons. The maximum atomic E-state index is 13.3. The van der Waals surface area contributed by atoms with Crippen LogP contribution in [0.3, 0.4) is 0 Å². The Kier molecular flexibility index (Phi) is 25.1. The van der Waals surface area contributed by atoms with Crippen molar-refractivity contribution >= 4 is 30.0 Å². The fourth-order valence-corrected chi connectivity index (χ4v) is 5.57. The second-order valence-electron chi connectivity index (χ2n) is 15.2. The highest BCUT2D eigenvalue weighted by atomic mass is 16.5. The Balaban J connectivity index is 0.00000113. The first-order valence-corrected chi connectivity index (χ1v) is 19.1. The number of likely N-dealkylation sites (tertiary alicyclic amines) is 1. The number of nitrogens with one attached hydrogen (secondary N) is 4. The molecule has 1 aromatic rings. The van der Waals surface area contributed by atoms with Crippen LogP contribution in [-0.4, -0.2) is 79.3 Å². The maximum Gasteiger partial charge on any atom is 0.315 e. The van der Waals surface area contributed by atoms with E-state index in [0.29, 0.717) is 12.8 Å². The van der Waals surface area contributed by atoms with E-state index in [1.54, 1.807) is 7.11 Å². The van der Waals surface area contributed by atoms with E-state index in [1.165, 1.54) is 18.9 Å². The Morgan fingerprint density at radius 1 is 1.09 bits per heavy atom. The molecule has 0 saturated carbocycles. The minimum Gasteiger partial charge on any atom is -0.497 e. The predicted molar refractivity (Wildman–Crippen MR) is 214 cm³/mol. The van der Waals surface area contributed by atoms with Gasteiger partial charge in [-0.05, 0) is 68.1 Å². The molecule has 0 aliphatic carbocycles. The molecule has 53 heavy (non-hydrogen) atoms. The van der Waals surface area contributed by atoms with Gasteiger partial charge >= 0.3 is 6.03 Å². The number of rotatable bonds is 19. The predicted octanol–water partition coefficient (Wildman–Crippen LogP) is 6.35. The number of carbonyl (C=O) groups is 5. The summed E-state index contributed by atoms with van der Waals surface area (Å²) in [6, 6.07) is 6.54. The maximum absolute atomic E-state index is 13.3. The summed E-state index contributed by atoms with van der Waals surface area (Å²) >= 11 is 0. The highest BCUT2D eigenvalue weighted by Gasteiger charge is 2.38. The normalized spacial score (nSPS) is 15.1. The largest absolute Gasteiger partial charge is 0.497 e. The lowest BCUT2D eigenvalue weighted by molar-refractivity contribution is -0.139. The van der Waals surface area contributed by atoms with E-state index in [4.69, 9.17) is 11.2 Å². The lowest BCUT2D eigenvalue weighted by Crippen LogP contribution is -2.58. The number of terminal acetylenes is 1. The molecule has 11 nitrogen and oxygen atoms in total. The third-order valence-electron chi connectivity index (χ3n) is 8.38. The van der Waals surface area contributed by atoms with E-state index in [-0.39, 0.29) is 42.4 Å². The number of amides is 5. The number of carbonyl (C=O) groups excluding carboxylic acids is 5. The minimum absolute atomic E-state index is 0.00427. The summed E-state index contributed by atoms with van der Waals surface area (Å²) in [4.78, 5) is 61.4. The Morgan fingerprint density at radius 3 is 2.30 bits per heavy atom. The first-order chi connectivity index (χ1) is 25.0. The third-order valence-corrected chi connectivity index (χ3v) is 8.38. The van der Waals surface area contributed by atoms with Crippen LogP contribution in [0.25, 0.3) is 0 Å². The van der Waals surface area contributed by atoms with Crippen LogP contribution >= 0.6 is 0 Å². The van der Waals surface area contributed by atoms with Crippen molar-refractivity contribution in [1.82, 2.24) is 26.2 Å². The van der Waals surface area contributed by atoms with Crippen LogP contribution in [0.4, 0.5) is 4.79 Å². The lowest BCUT2D eigenvalue weighted by atomic mass is 9.85. The number of ketones is 1. The van der Waals surface area contributed by atoms with Crippen LogP contribution < -0.4 is 26.0 Å². The number of urea groups is 1. The van der Waals surface area contributed by atoms with Crippen LogP contribution in [0.2, 0.25) is 0 Å². The smallest absolute Gasteiger partial charge is 0.315 e. The van der Waals surface area contributed by atoms with Gasteiger partial charge in [-0.15, -0.1) is 18.9 Å². The monoisotopic (exact) mass is 740 g/mol. The number of benzene rings is 1. The van der Waals surface area contributed by atoms with Gasteiger partial charge in [0.2, 0.25) is 18.1 Å². The molecular weight excluding hydrogens is 670 g/mol. The number of hydrogen-bond acceptors (Lipinski definition) is 6. The molecule has 1 heterocycles. The molecule has 5 amide bonds. The Morgan fingerprint density at radius 2 is 1.77 bits per heavy atom. The van der Waals surface area contributed by atoms with Gasteiger partial charge in [-0.3, -0.25) is 19.2 Å². The van der Waals surface area contributed by atoms with Crippen molar-refractivity contribution < 1.29 is 28.7 Å². The molecule has 1 fully saturated rings. The van der Waals surface area contributed by atoms with Crippen LogP contribution in [-0.2, 0) is 25.6 Å². The van der Waals surface area contributed by atoms with Crippen molar-refractivity contribution in [2.45, 2.75) is 144 Å². The topological polar surface area (TPSA) is 146 Å². The van der Waals surface area contributed by atoms with Crippen LogP contribution in [0.1, 0.15) is 119 Å². The molecule has 0 spiro atoms. The number of unbranched alkanes of at least 4 members (excludes halogenated alkanes) is 3. The van der Waals surface area contributed by atoms with E-state index in [2.05, 4.69) is 74.5 Å². The minimum atomic E-state index is -0.863. The van der Waals surface area contributed by atoms with Gasteiger partial charge in [-0.2, -0.15) is 0 Å². The highest BCUT2D eigenvalue weighted by Crippen LogP contribution is 2.25. The zero-order chi connectivity index (χ0) is 40.4. The zero-order valence-corrected chi connectivity index (χ0v) is 34.0. The molecule has 1 saturated heterocycles. The molecule has 4 unspecified atom stereocenters. The molecule has 11 heteroatoms. The first kappa shape index (κ1) is 48.7. The summed E-state index contributed by atoms with van der Waals surface area (Å²) in [5.41, 5.74) is 0.754. The van der Waals surface area contributed by atoms with E-state index in [1.807, 2.05) is 43.9 Å². The van der Waals surface area contributed by atoms with Gasteiger partial charge in [0.15, 0.2) is 0 Å². The van der Waals surface area contributed by atoms with Gasteiger partial charge < -0.3 is 30.9 Å². The Bertz CT molecular complexity index is 1300. The second kappa shape index (κ2) is 27.3. The van der Waals surface area contributed by atoms with Crippen molar-refractivity contribution in [3.63, 3.8) is 0 Å². The highest BCUT2D eigenvalue weighted by molar-refractivity contribution is 6.38. The molecule has 0 aromatic heterocycles. The number of hydrogen-bond donors (Lipinski definition) is 4. The summed E-state index contributed by atoms with van der Waals surface area (Å²) in [5.74, 6) is 2.56. The lowest BCUT2D eigenvalue weighted by Gasteiger charge is -2.35. The summed E-state index contributed by atoms with van der Waals surface area (Å²) in [6.07, 6.45) is 15.7. The molecule has 4 N–H and O–H groups in total. The van der Waals surface area contributed by atoms with Crippen LogP contribution in [0, 0.1) is 23.7 Å².